The van der Waals surface area contributed by atoms with Crippen molar-refractivity contribution >= 4 is 23.5 Å². The summed E-state index contributed by atoms with van der Waals surface area (Å²) in [5.41, 5.74) is 1.39. The predicted molar refractivity (Wildman–Crippen MR) is 110 cm³/mol. The molecule has 0 radical (unpaired) electrons. The molecule has 0 heterocycles. The Balaban J connectivity index is 2.17. The molecule has 154 valence electrons. The van der Waals surface area contributed by atoms with Crippen LogP contribution in [-0.4, -0.2) is 36.0 Å². The fraction of sp³-hybridized carbons (Fsp3) is 0.318. The number of hydrogen-bond donors (Lipinski definition) is 3. The second kappa shape index (κ2) is 9.73. The van der Waals surface area contributed by atoms with Gasteiger partial charge in [-0.25, -0.2) is 0 Å². The first kappa shape index (κ1) is 21.9. The number of anilines is 1. The van der Waals surface area contributed by atoms with Crippen molar-refractivity contribution in [2.75, 3.05) is 12.4 Å². The Hall–Kier alpha value is -3.35. The molecule has 0 aromatic heterocycles. The van der Waals surface area contributed by atoms with Crippen molar-refractivity contribution < 1.29 is 24.2 Å². The quantitative estimate of drug-likeness (QED) is 0.633. The Labute approximate surface area is 170 Å². The van der Waals surface area contributed by atoms with Crippen molar-refractivity contribution in [1.29, 1.82) is 0 Å². The third-order valence-corrected chi connectivity index (χ3v) is 4.61. The highest BCUT2D eigenvalue weighted by atomic mass is 16.5. The summed E-state index contributed by atoms with van der Waals surface area (Å²) in [5.74, 6) is -2.19. The molecule has 0 aliphatic rings. The molecular formula is C22H26N2O5. The average molecular weight is 398 g/mol. The van der Waals surface area contributed by atoms with E-state index in [1.54, 1.807) is 55.5 Å². The summed E-state index contributed by atoms with van der Waals surface area (Å²) in [5, 5.41) is 14.7. The van der Waals surface area contributed by atoms with E-state index in [4.69, 9.17) is 4.74 Å². The maximum absolute atomic E-state index is 12.8. The molecular weight excluding hydrogens is 372 g/mol. The second-order valence-corrected chi connectivity index (χ2v) is 7.07. The van der Waals surface area contributed by atoms with Gasteiger partial charge in [-0.15, -0.1) is 0 Å². The van der Waals surface area contributed by atoms with Crippen LogP contribution in [0, 0.1) is 5.92 Å². The topological polar surface area (TPSA) is 105 Å². The van der Waals surface area contributed by atoms with Crippen molar-refractivity contribution in [1.82, 2.24) is 5.32 Å². The van der Waals surface area contributed by atoms with Crippen LogP contribution >= 0.6 is 0 Å². The number of nitrogens with one attached hydrogen (secondary N) is 2. The van der Waals surface area contributed by atoms with E-state index in [1.807, 2.05) is 13.8 Å². The number of carbonyl (C=O) groups excluding carboxylic acids is 2. The summed E-state index contributed by atoms with van der Waals surface area (Å²) in [4.78, 5) is 36.7. The molecule has 2 amide bonds. The molecule has 7 nitrogen and oxygen atoms in total. The minimum atomic E-state index is -0.947. The summed E-state index contributed by atoms with van der Waals surface area (Å²) < 4.78 is 5.21. The van der Waals surface area contributed by atoms with Crippen molar-refractivity contribution in [3.63, 3.8) is 0 Å². The zero-order chi connectivity index (χ0) is 21.6. The van der Waals surface area contributed by atoms with E-state index in [1.165, 1.54) is 7.11 Å². The molecule has 2 atom stereocenters. The van der Waals surface area contributed by atoms with Crippen LogP contribution in [0.15, 0.2) is 48.5 Å². The number of amides is 2. The van der Waals surface area contributed by atoms with E-state index in [2.05, 4.69) is 10.6 Å². The number of carbonyl (C=O) groups is 3. The summed E-state index contributed by atoms with van der Waals surface area (Å²) >= 11 is 0. The molecule has 0 fully saturated rings. The third-order valence-electron chi connectivity index (χ3n) is 4.61. The fourth-order valence-corrected chi connectivity index (χ4v) is 2.83. The molecule has 2 aromatic rings. The Kier molecular flexibility index (Phi) is 7.36. The Morgan fingerprint density at radius 1 is 1.00 bits per heavy atom. The van der Waals surface area contributed by atoms with Gasteiger partial charge in [-0.2, -0.15) is 0 Å². The standard InChI is InChI=1S/C22H26N2O5/c1-13(2)19(24-20(25)17-10-5-6-11-18(17)29-4)21(26)23-16-9-7-8-15(12-16)14(3)22(27)28/h5-14,19H,1-4H3,(H,23,26)(H,24,25)(H,27,28). The molecule has 0 aliphatic carbocycles. The summed E-state index contributed by atoms with van der Waals surface area (Å²) in [6.45, 7) is 5.24. The average Bonchev–Trinajstić information content (AvgIpc) is 2.70. The molecule has 2 aromatic carbocycles. The zero-order valence-electron chi connectivity index (χ0n) is 16.9. The minimum Gasteiger partial charge on any atom is -0.496 e. The van der Waals surface area contributed by atoms with Crippen LogP contribution in [0.25, 0.3) is 0 Å². The Morgan fingerprint density at radius 3 is 2.31 bits per heavy atom. The molecule has 2 unspecified atom stereocenters. The SMILES string of the molecule is COc1ccccc1C(=O)NC(C(=O)Nc1cccc(C(C)C(=O)O)c1)C(C)C. The Bertz CT molecular complexity index is 894. The van der Waals surface area contributed by atoms with Gasteiger partial charge in [0.25, 0.3) is 5.91 Å². The number of para-hydroxylation sites is 1. The Morgan fingerprint density at radius 2 is 1.69 bits per heavy atom. The van der Waals surface area contributed by atoms with Crippen LogP contribution in [0.4, 0.5) is 5.69 Å². The van der Waals surface area contributed by atoms with Gasteiger partial charge in [-0.05, 0) is 42.7 Å². The molecule has 0 aliphatic heterocycles. The van der Waals surface area contributed by atoms with Crippen LogP contribution in [-0.2, 0) is 9.59 Å². The second-order valence-electron chi connectivity index (χ2n) is 7.07. The maximum atomic E-state index is 12.8. The number of hydrogen-bond acceptors (Lipinski definition) is 4. The van der Waals surface area contributed by atoms with E-state index in [0.717, 1.165) is 0 Å². The molecule has 29 heavy (non-hydrogen) atoms. The maximum Gasteiger partial charge on any atom is 0.310 e. The van der Waals surface area contributed by atoms with Crippen molar-refractivity contribution in [3.8, 4) is 5.75 Å². The van der Waals surface area contributed by atoms with Gasteiger partial charge in [-0.1, -0.05) is 38.1 Å². The molecule has 2 rings (SSSR count). The fourth-order valence-electron chi connectivity index (χ4n) is 2.83. The van der Waals surface area contributed by atoms with Crippen LogP contribution in [0.2, 0.25) is 0 Å². The summed E-state index contributed by atoms with van der Waals surface area (Å²) in [6.07, 6.45) is 0. The first-order chi connectivity index (χ1) is 13.7. The molecule has 0 saturated carbocycles. The minimum absolute atomic E-state index is 0.171. The predicted octanol–water partition coefficient (Wildman–Crippen LogP) is 3.28. The third kappa shape index (κ3) is 5.57. The van der Waals surface area contributed by atoms with Gasteiger partial charge in [0.2, 0.25) is 5.91 Å². The number of benzene rings is 2. The van der Waals surface area contributed by atoms with Gasteiger partial charge in [-0.3, -0.25) is 14.4 Å². The van der Waals surface area contributed by atoms with Crippen molar-refractivity contribution in [3.05, 3.63) is 59.7 Å². The van der Waals surface area contributed by atoms with E-state index in [-0.39, 0.29) is 11.8 Å². The van der Waals surface area contributed by atoms with Crippen molar-refractivity contribution in [2.45, 2.75) is 32.7 Å². The lowest BCUT2D eigenvalue weighted by Gasteiger charge is -2.22. The van der Waals surface area contributed by atoms with Crippen molar-refractivity contribution in [2.24, 2.45) is 5.92 Å². The first-order valence-corrected chi connectivity index (χ1v) is 9.32. The van der Waals surface area contributed by atoms with Gasteiger partial charge in [0.1, 0.15) is 11.8 Å². The number of methoxy groups -OCH3 is 1. The molecule has 3 N–H and O–H groups in total. The van der Waals surface area contributed by atoms with E-state index < -0.39 is 23.8 Å². The van der Waals surface area contributed by atoms with Crippen LogP contribution in [0.5, 0.6) is 5.75 Å². The highest BCUT2D eigenvalue weighted by molar-refractivity contribution is 6.02. The van der Waals surface area contributed by atoms with Gasteiger partial charge >= 0.3 is 5.97 Å². The highest BCUT2D eigenvalue weighted by Gasteiger charge is 2.26. The number of carboxylic acids is 1. The largest absolute Gasteiger partial charge is 0.496 e. The highest BCUT2D eigenvalue weighted by Crippen LogP contribution is 2.21. The van der Waals surface area contributed by atoms with Gasteiger partial charge < -0.3 is 20.5 Å². The van der Waals surface area contributed by atoms with Gasteiger partial charge in [0.05, 0.1) is 18.6 Å². The van der Waals surface area contributed by atoms with Gasteiger partial charge in [0, 0.05) is 5.69 Å². The van der Waals surface area contributed by atoms with E-state index in [0.29, 0.717) is 22.6 Å². The summed E-state index contributed by atoms with van der Waals surface area (Å²) in [6, 6.07) is 12.7. The number of aliphatic carboxylic acids is 1. The van der Waals surface area contributed by atoms with Crippen LogP contribution < -0.4 is 15.4 Å². The smallest absolute Gasteiger partial charge is 0.310 e. The normalized spacial score (nSPS) is 12.7. The van der Waals surface area contributed by atoms with E-state index >= 15 is 0 Å². The lowest BCUT2D eigenvalue weighted by atomic mass is 10.00. The summed E-state index contributed by atoms with van der Waals surface area (Å²) in [7, 11) is 1.48. The zero-order valence-corrected chi connectivity index (χ0v) is 16.9. The lowest BCUT2D eigenvalue weighted by Crippen LogP contribution is -2.47. The number of ether oxygens (including phenoxy) is 1. The van der Waals surface area contributed by atoms with E-state index in [9.17, 15) is 19.5 Å². The number of rotatable bonds is 8. The molecule has 7 heteroatoms. The molecule has 0 saturated heterocycles. The molecule has 0 spiro atoms. The van der Waals surface area contributed by atoms with Crippen LogP contribution in [0.1, 0.15) is 42.6 Å². The lowest BCUT2D eigenvalue weighted by molar-refractivity contribution is -0.138. The number of carboxylic acid groups (broad SMARTS) is 1. The molecule has 0 bridgehead atoms. The monoisotopic (exact) mass is 398 g/mol. The van der Waals surface area contributed by atoms with Crippen LogP contribution in [0.3, 0.4) is 0 Å². The first-order valence-electron chi connectivity index (χ1n) is 9.32. The van der Waals surface area contributed by atoms with Gasteiger partial charge in [0.15, 0.2) is 0 Å².